The first kappa shape index (κ1) is 17.5. The number of nitrogens with zero attached hydrogens (tertiary/aromatic N) is 3. The van der Waals surface area contributed by atoms with E-state index in [0.29, 0.717) is 18.0 Å². The molecule has 26 heavy (non-hydrogen) atoms. The summed E-state index contributed by atoms with van der Waals surface area (Å²) in [5, 5.41) is 24.5. The molecule has 0 spiro atoms. The van der Waals surface area contributed by atoms with E-state index in [1.54, 1.807) is 29.2 Å². The lowest BCUT2D eigenvalue weighted by Gasteiger charge is -2.14. The van der Waals surface area contributed by atoms with Gasteiger partial charge in [0.15, 0.2) is 5.75 Å². The van der Waals surface area contributed by atoms with Gasteiger partial charge in [0.2, 0.25) is 0 Å². The number of nitrogens with one attached hydrogen (secondary N) is 1. The van der Waals surface area contributed by atoms with E-state index < -0.39 is 21.2 Å². The third kappa shape index (κ3) is 3.83. The van der Waals surface area contributed by atoms with E-state index in [1.807, 2.05) is 0 Å². The number of nitro groups is 2. The van der Waals surface area contributed by atoms with Crippen molar-refractivity contribution < 1.29 is 18.8 Å². The molecule has 1 aliphatic heterocycles. The molecule has 3 rings (SSSR count). The molecule has 1 heterocycles. The van der Waals surface area contributed by atoms with Crippen molar-refractivity contribution >= 4 is 35.1 Å². The van der Waals surface area contributed by atoms with E-state index in [4.69, 9.17) is 4.18 Å². The molecule has 11 heteroatoms. The van der Waals surface area contributed by atoms with Gasteiger partial charge < -0.3 is 9.50 Å². The fourth-order valence-corrected chi connectivity index (χ4v) is 2.86. The predicted octanol–water partition coefficient (Wildman–Crippen LogP) is 3.12. The van der Waals surface area contributed by atoms with Gasteiger partial charge in [0, 0.05) is 23.7 Å². The average Bonchev–Trinajstić information content (AvgIpc) is 3.06. The number of amides is 2. The molecule has 0 saturated carbocycles. The van der Waals surface area contributed by atoms with Crippen molar-refractivity contribution in [2.45, 2.75) is 4.90 Å². The molecule has 2 aromatic carbocycles. The summed E-state index contributed by atoms with van der Waals surface area (Å²) < 4.78 is 5.38. The Morgan fingerprint density at radius 1 is 1.04 bits per heavy atom. The Morgan fingerprint density at radius 2 is 1.65 bits per heavy atom. The number of benzene rings is 2. The third-order valence-electron chi connectivity index (χ3n) is 3.54. The van der Waals surface area contributed by atoms with Gasteiger partial charge in [-0.1, -0.05) is 0 Å². The highest BCUT2D eigenvalue weighted by Gasteiger charge is 2.21. The van der Waals surface area contributed by atoms with Crippen molar-refractivity contribution in [3.63, 3.8) is 0 Å². The van der Waals surface area contributed by atoms with Crippen molar-refractivity contribution in [1.82, 2.24) is 5.32 Å². The predicted molar refractivity (Wildman–Crippen MR) is 93.4 cm³/mol. The van der Waals surface area contributed by atoms with Crippen LogP contribution in [0.4, 0.5) is 21.9 Å². The summed E-state index contributed by atoms with van der Waals surface area (Å²) in [5.74, 6) is -0.00102. The minimum atomic E-state index is -0.722. The Bertz CT molecular complexity index is 841. The third-order valence-corrected chi connectivity index (χ3v) is 4.28. The molecular weight excluding hydrogens is 364 g/mol. The lowest BCUT2D eigenvalue weighted by molar-refractivity contribution is -0.394. The largest absolute Gasteiger partial charge is 0.420 e. The molecule has 2 aromatic rings. The van der Waals surface area contributed by atoms with Crippen molar-refractivity contribution in [3.05, 3.63) is 62.7 Å². The molecule has 1 N–H and O–H groups in total. The summed E-state index contributed by atoms with van der Waals surface area (Å²) >= 11 is 0.902. The summed E-state index contributed by atoms with van der Waals surface area (Å²) in [5.41, 5.74) is -0.120. The Hall–Kier alpha value is -3.34. The molecule has 0 unspecified atom stereocenters. The second kappa shape index (κ2) is 7.27. The van der Waals surface area contributed by atoms with Crippen LogP contribution in [0.2, 0.25) is 0 Å². The monoisotopic (exact) mass is 376 g/mol. The summed E-state index contributed by atoms with van der Waals surface area (Å²) in [4.78, 5) is 34.2. The quantitative estimate of drug-likeness (QED) is 0.466. The van der Waals surface area contributed by atoms with Crippen molar-refractivity contribution in [2.24, 2.45) is 0 Å². The second-order valence-electron chi connectivity index (χ2n) is 5.24. The number of hydrogen-bond acceptors (Lipinski definition) is 7. The number of carbonyl (C=O) groups is 1. The van der Waals surface area contributed by atoms with Crippen LogP contribution in [0.5, 0.6) is 5.75 Å². The maximum absolute atomic E-state index is 11.6. The van der Waals surface area contributed by atoms with E-state index >= 15 is 0 Å². The van der Waals surface area contributed by atoms with Crippen molar-refractivity contribution in [2.75, 3.05) is 18.0 Å². The highest BCUT2D eigenvalue weighted by Crippen LogP contribution is 2.32. The Labute approximate surface area is 151 Å². The van der Waals surface area contributed by atoms with Crippen LogP contribution in [0, 0.1) is 20.2 Å². The van der Waals surface area contributed by atoms with Gasteiger partial charge in [-0.3, -0.25) is 25.1 Å². The van der Waals surface area contributed by atoms with Crippen LogP contribution in [-0.4, -0.2) is 29.0 Å². The molecule has 1 fully saturated rings. The van der Waals surface area contributed by atoms with E-state index in [2.05, 4.69) is 5.32 Å². The lowest BCUT2D eigenvalue weighted by Crippen LogP contribution is -2.27. The van der Waals surface area contributed by atoms with Crippen LogP contribution < -0.4 is 14.4 Å². The fourth-order valence-electron chi connectivity index (χ4n) is 2.32. The molecule has 0 bridgehead atoms. The van der Waals surface area contributed by atoms with Crippen LogP contribution in [0.3, 0.4) is 0 Å². The zero-order valence-electron chi connectivity index (χ0n) is 13.2. The Balaban J connectivity index is 1.71. The number of urea groups is 1. The number of nitro benzene ring substituents is 2. The van der Waals surface area contributed by atoms with Crippen LogP contribution >= 0.6 is 12.0 Å². The van der Waals surface area contributed by atoms with Gasteiger partial charge in [0.05, 0.1) is 40.1 Å². The maximum Gasteiger partial charge on any atom is 0.321 e. The van der Waals surface area contributed by atoms with E-state index in [0.717, 1.165) is 35.9 Å². The molecule has 0 atom stereocenters. The Kier molecular flexibility index (Phi) is 4.89. The lowest BCUT2D eigenvalue weighted by atomic mass is 10.2. The molecule has 0 aliphatic carbocycles. The first-order chi connectivity index (χ1) is 12.4. The second-order valence-corrected chi connectivity index (χ2v) is 6.05. The minimum absolute atomic E-state index is 0.00102. The maximum atomic E-state index is 11.6. The fraction of sp³-hybridized carbons (Fsp3) is 0.133. The van der Waals surface area contributed by atoms with Gasteiger partial charge in [-0.05, 0) is 24.3 Å². The molecule has 10 nitrogen and oxygen atoms in total. The van der Waals surface area contributed by atoms with Gasteiger partial charge in [0.1, 0.15) is 0 Å². The number of anilines is 1. The first-order valence-corrected chi connectivity index (χ1v) is 8.12. The van der Waals surface area contributed by atoms with Crippen LogP contribution in [0.25, 0.3) is 0 Å². The zero-order chi connectivity index (χ0) is 18.7. The van der Waals surface area contributed by atoms with E-state index in [9.17, 15) is 25.0 Å². The summed E-state index contributed by atoms with van der Waals surface area (Å²) in [6, 6.07) is 9.86. The number of hydrogen-bond donors (Lipinski definition) is 1. The number of carbonyl (C=O) groups excluding carboxylic acids is 1. The Morgan fingerprint density at radius 3 is 2.15 bits per heavy atom. The normalized spacial score (nSPS) is 13.4. The van der Waals surface area contributed by atoms with Crippen LogP contribution in [-0.2, 0) is 0 Å². The minimum Gasteiger partial charge on any atom is -0.420 e. The number of rotatable bonds is 6. The van der Waals surface area contributed by atoms with Crippen LogP contribution in [0.1, 0.15) is 0 Å². The van der Waals surface area contributed by atoms with Gasteiger partial charge >= 0.3 is 6.03 Å². The topological polar surface area (TPSA) is 128 Å². The van der Waals surface area contributed by atoms with Crippen LogP contribution in [0.15, 0.2) is 47.4 Å². The summed E-state index contributed by atoms with van der Waals surface area (Å²) in [7, 11) is 0. The molecule has 1 aliphatic rings. The summed E-state index contributed by atoms with van der Waals surface area (Å²) in [6.07, 6.45) is 0. The first-order valence-electron chi connectivity index (χ1n) is 7.38. The van der Waals surface area contributed by atoms with Crippen molar-refractivity contribution in [3.8, 4) is 5.75 Å². The van der Waals surface area contributed by atoms with E-state index in [-0.39, 0.29) is 11.8 Å². The molecular formula is C15H12N4O6S. The van der Waals surface area contributed by atoms with E-state index in [1.165, 1.54) is 0 Å². The van der Waals surface area contributed by atoms with Gasteiger partial charge in [-0.25, -0.2) is 4.79 Å². The molecule has 0 aromatic heterocycles. The van der Waals surface area contributed by atoms with Gasteiger partial charge in [0.25, 0.3) is 11.4 Å². The standard InChI is InChI=1S/C15H12N4O6S/c20-15-16-5-6-17(15)10-1-3-14(4-2-10)26-25-13-8-11(18(21)22)7-12(9-13)19(23)24/h1-4,7-9H,5-6H2,(H,16,20). The zero-order valence-corrected chi connectivity index (χ0v) is 14.0. The van der Waals surface area contributed by atoms with Gasteiger partial charge in [-0.15, -0.1) is 0 Å². The molecule has 2 amide bonds. The highest BCUT2D eigenvalue weighted by atomic mass is 32.2. The SMILES string of the molecule is O=C1NCCN1c1ccc(SOc2cc([N+](=O)[O-])cc([N+](=O)[O-])c2)cc1. The molecule has 0 radical (unpaired) electrons. The van der Waals surface area contributed by atoms with Crippen molar-refractivity contribution in [1.29, 1.82) is 0 Å². The van der Waals surface area contributed by atoms with Gasteiger partial charge in [-0.2, -0.15) is 0 Å². The highest BCUT2D eigenvalue weighted by molar-refractivity contribution is 7.95. The summed E-state index contributed by atoms with van der Waals surface area (Å²) in [6.45, 7) is 1.17. The average molecular weight is 376 g/mol. The number of non-ortho nitro benzene ring substituents is 2. The molecule has 134 valence electrons. The molecule has 1 saturated heterocycles. The smallest absolute Gasteiger partial charge is 0.321 e.